The highest BCUT2D eigenvalue weighted by Crippen LogP contribution is 2.09. The average molecular weight is 150 g/mol. The van der Waals surface area contributed by atoms with Crippen molar-refractivity contribution in [1.29, 1.82) is 0 Å². The van der Waals surface area contributed by atoms with Crippen LogP contribution in [0.15, 0.2) is 17.4 Å². The van der Waals surface area contributed by atoms with Gasteiger partial charge in [0.2, 0.25) is 0 Å². The molecular formula is C8H10N2O. The number of aryl methyl sites for hydroxylation is 1. The monoisotopic (exact) mass is 150 g/mol. The molecule has 0 aliphatic carbocycles. The minimum atomic E-state index is -0.174. The lowest BCUT2D eigenvalue weighted by molar-refractivity contribution is 0.954. The number of H-pyrrole nitrogens is 1. The summed E-state index contributed by atoms with van der Waals surface area (Å²) in [5.41, 5.74) is 2.32. The fourth-order valence-electron chi connectivity index (χ4n) is 0.928. The molecule has 0 atom stereocenters. The van der Waals surface area contributed by atoms with E-state index in [2.05, 4.69) is 16.8 Å². The molecule has 1 rings (SSSR count). The first kappa shape index (κ1) is 7.72. The summed E-state index contributed by atoms with van der Waals surface area (Å²) in [6.07, 6.45) is 0. The van der Waals surface area contributed by atoms with E-state index in [0.717, 1.165) is 16.8 Å². The molecule has 0 spiro atoms. The molecule has 0 aromatic carbocycles. The number of aromatic nitrogens is 2. The van der Waals surface area contributed by atoms with Crippen molar-refractivity contribution in [3.8, 4) is 0 Å². The summed E-state index contributed by atoms with van der Waals surface area (Å²) in [6.45, 7) is 7.43. The van der Waals surface area contributed by atoms with E-state index in [1.165, 1.54) is 6.07 Å². The van der Waals surface area contributed by atoms with E-state index >= 15 is 0 Å². The third-order valence-electron chi connectivity index (χ3n) is 1.40. The van der Waals surface area contributed by atoms with E-state index in [1.54, 1.807) is 0 Å². The van der Waals surface area contributed by atoms with Gasteiger partial charge in [-0.05, 0) is 25.0 Å². The molecule has 0 fully saturated rings. The van der Waals surface area contributed by atoms with Crippen molar-refractivity contribution in [3.63, 3.8) is 0 Å². The van der Waals surface area contributed by atoms with Crippen LogP contribution in [0, 0.1) is 6.92 Å². The Morgan fingerprint density at radius 3 is 2.82 bits per heavy atom. The van der Waals surface area contributed by atoms with Crippen LogP contribution in [-0.2, 0) is 0 Å². The Balaban J connectivity index is 3.31. The van der Waals surface area contributed by atoms with Gasteiger partial charge in [0.15, 0.2) is 0 Å². The second kappa shape index (κ2) is 2.70. The molecule has 1 aromatic rings. The van der Waals surface area contributed by atoms with E-state index in [9.17, 15) is 4.79 Å². The highest BCUT2D eigenvalue weighted by molar-refractivity contribution is 5.59. The van der Waals surface area contributed by atoms with Gasteiger partial charge >= 0.3 is 0 Å². The molecule has 3 heteroatoms. The molecule has 1 aromatic heterocycles. The van der Waals surface area contributed by atoms with Gasteiger partial charge in [-0.2, -0.15) is 5.10 Å². The average Bonchev–Trinajstić information content (AvgIpc) is 1.85. The third-order valence-corrected chi connectivity index (χ3v) is 1.40. The number of rotatable bonds is 1. The Morgan fingerprint density at radius 1 is 1.73 bits per heavy atom. The van der Waals surface area contributed by atoms with Crippen molar-refractivity contribution in [2.75, 3.05) is 0 Å². The number of nitrogens with one attached hydrogen (secondary N) is 1. The van der Waals surface area contributed by atoms with E-state index in [4.69, 9.17) is 0 Å². The van der Waals surface area contributed by atoms with E-state index in [0.29, 0.717) is 0 Å². The van der Waals surface area contributed by atoms with E-state index in [-0.39, 0.29) is 5.56 Å². The SMILES string of the molecule is C=C(C)c1n[nH]c(=O)cc1C. The Hall–Kier alpha value is -1.38. The molecule has 3 nitrogen and oxygen atoms in total. The van der Waals surface area contributed by atoms with Crippen molar-refractivity contribution >= 4 is 5.57 Å². The standard InChI is InChI=1S/C8H10N2O/c1-5(2)8-6(3)4-7(11)9-10-8/h4H,1H2,2-3H3,(H,9,11). The van der Waals surface area contributed by atoms with Crippen LogP contribution >= 0.6 is 0 Å². The summed E-state index contributed by atoms with van der Waals surface area (Å²) in [6, 6.07) is 1.51. The van der Waals surface area contributed by atoms with Gasteiger partial charge in [-0.25, -0.2) is 5.10 Å². The van der Waals surface area contributed by atoms with Crippen LogP contribution in [0.2, 0.25) is 0 Å². The van der Waals surface area contributed by atoms with Crippen LogP contribution in [0.25, 0.3) is 5.57 Å². The first-order valence-corrected chi connectivity index (χ1v) is 3.33. The molecule has 0 aliphatic rings. The van der Waals surface area contributed by atoms with Crippen LogP contribution in [0.3, 0.4) is 0 Å². The molecule has 0 amide bonds. The Bertz CT molecular complexity index is 338. The zero-order chi connectivity index (χ0) is 8.43. The zero-order valence-electron chi connectivity index (χ0n) is 6.64. The maximum Gasteiger partial charge on any atom is 0.264 e. The molecule has 1 N–H and O–H groups in total. The van der Waals surface area contributed by atoms with Gasteiger partial charge in [0.25, 0.3) is 5.56 Å². The molecule has 58 valence electrons. The fourth-order valence-corrected chi connectivity index (χ4v) is 0.928. The third kappa shape index (κ3) is 1.55. The van der Waals surface area contributed by atoms with Crippen molar-refractivity contribution in [2.45, 2.75) is 13.8 Å². The molecule has 0 aliphatic heterocycles. The number of hydrogen-bond acceptors (Lipinski definition) is 2. The van der Waals surface area contributed by atoms with Gasteiger partial charge in [-0.3, -0.25) is 4.79 Å². The molecule has 1 heterocycles. The van der Waals surface area contributed by atoms with Crippen LogP contribution in [0.1, 0.15) is 18.2 Å². The predicted molar refractivity (Wildman–Crippen MR) is 44.3 cm³/mol. The Labute approximate surface area is 64.8 Å². The van der Waals surface area contributed by atoms with Crippen molar-refractivity contribution in [1.82, 2.24) is 10.2 Å². The summed E-state index contributed by atoms with van der Waals surface area (Å²) in [4.78, 5) is 10.7. The predicted octanol–water partition coefficient (Wildman–Crippen LogP) is 1.11. The molecular weight excluding hydrogens is 140 g/mol. The fraction of sp³-hybridized carbons (Fsp3) is 0.250. The van der Waals surface area contributed by atoms with Gasteiger partial charge in [-0.15, -0.1) is 0 Å². The largest absolute Gasteiger partial charge is 0.268 e. The second-order valence-corrected chi connectivity index (χ2v) is 2.54. The van der Waals surface area contributed by atoms with Gasteiger partial charge in [0.1, 0.15) is 0 Å². The lowest BCUT2D eigenvalue weighted by Crippen LogP contribution is -2.09. The summed E-state index contributed by atoms with van der Waals surface area (Å²) >= 11 is 0. The van der Waals surface area contributed by atoms with Crippen LogP contribution < -0.4 is 5.56 Å². The van der Waals surface area contributed by atoms with Gasteiger partial charge < -0.3 is 0 Å². The Kier molecular flexibility index (Phi) is 1.89. The molecule has 0 radical (unpaired) electrons. The van der Waals surface area contributed by atoms with Crippen molar-refractivity contribution < 1.29 is 0 Å². The normalized spacial score (nSPS) is 9.64. The number of hydrogen-bond donors (Lipinski definition) is 1. The van der Waals surface area contributed by atoms with Gasteiger partial charge in [0, 0.05) is 6.07 Å². The van der Waals surface area contributed by atoms with Gasteiger partial charge in [-0.1, -0.05) is 6.58 Å². The minimum absolute atomic E-state index is 0.174. The molecule has 11 heavy (non-hydrogen) atoms. The van der Waals surface area contributed by atoms with Crippen molar-refractivity contribution in [2.24, 2.45) is 0 Å². The topological polar surface area (TPSA) is 45.8 Å². The Morgan fingerprint density at radius 2 is 2.36 bits per heavy atom. The summed E-state index contributed by atoms with van der Waals surface area (Å²) in [5, 5.41) is 6.20. The second-order valence-electron chi connectivity index (χ2n) is 2.54. The number of aromatic amines is 1. The number of allylic oxidation sites excluding steroid dienone is 1. The highest BCUT2D eigenvalue weighted by Gasteiger charge is 1.99. The minimum Gasteiger partial charge on any atom is -0.268 e. The van der Waals surface area contributed by atoms with Crippen molar-refractivity contribution in [3.05, 3.63) is 34.3 Å². The quantitative estimate of drug-likeness (QED) is 0.651. The van der Waals surface area contributed by atoms with Crippen LogP contribution in [0.4, 0.5) is 0 Å². The molecule has 0 bridgehead atoms. The maximum absolute atomic E-state index is 10.7. The van der Waals surface area contributed by atoms with E-state index < -0.39 is 0 Å². The highest BCUT2D eigenvalue weighted by atomic mass is 16.1. The maximum atomic E-state index is 10.7. The van der Waals surface area contributed by atoms with E-state index in [1.807, 2.05) is 13.8 Å². The zero-order valence-corrected chi connectivity index (χ0v) is 6.64. The summed E-state index contributed by atoms with van der Waals surface area (Å²) < 4.78 is 0. The van der Waals surface area contributed by atoms with Crippen LogP contribution in [-0.4, -0.2) is 10.2 Å². The molecule has 0 saturated heterocycles. The first-order chi connectivity index (χ1) is 5.11. The summed E-state index contributed by atoms with van der Waals surface area (Å²) in [5.74, 6) is 0. The lowest BCUT2D eigenvalue weighted by atomic mass is 10.1. The molecule has 0 saturated carbocycles. The first-order valence-electron chi connectivity index (χ1n) is 3.33. The molecule has 0 unspecified atom stereocenters. The summed E-state index contributed by atoms with van der Waals surface area (Å²) in [7, 11) is 0. The smallest absolute Gasteiger partial charge is 0.264 e. The van der Waals surface area contributed by atoms with Crippen LogP contribution in [0.5, 0.6) is 0 Å². The van der Waals surface area contributed by atoms with Gasteiger partial charge in [0.05, 0.1) is 5.69 Å². The lowest BCUT2D eigenvalue weighted by Gasteiger charge is -1.99. The number of nitrogens with zero attached hydrogens (tertiary/aromatic N) is 1.